The number of ether oxygens (including phenoxy) is 1. The Morgan fingerprint density at radius 2 is 1.74 bits per heavy atom. The van der Waals surface area contributed by atoms with Gasteiger partial charge >= 0.3 is 12.1 Å². The van der Waals surface area contributed by atoms with Gasteiger partial charge in [-0.25, -0.2) is 23.4 Å². The second-order valence-electron chi connectivity index (χ2n) is 12.6. The molecular weight excluding hydrogens is 616 g/mol. The van der Waals surface area contributed by atoms with E-state index in [0.29, 0.717) is 56.3 Å². The molecule has 13 nitrogen and oxygen atoms in total. The molecule has 2 atom stereocenters. The van der Waals surface area contributed by atoms with E-state index in [1.807, 2.05) is 9.80 Å². The van der Waals surface area contributed by atoms with Crippen molar-refractivity contribution in [2.75, 3.05) is 67.1 Å². The molecule has 2 amide bonds. The number of nitrogens with zero attached hydrogens (tertiary/aromatic N) is 6. The van der Waals surface area contributed by atoms with Crippen LogP contribution in [0.15, 0.2) is 35.3 Å². The molecule has 0 radical (unpaired) electrons. The van der Waals surface area contributed by atoms with Crippen LogP contribution in [0, 0.1) is 11.6 Å². The number of cyclic esters (lactones) is 1. The number of rotatable bonds is 8. The van der Waals surface area contributed by atoms with Gasteiger partial charge in [-0.3, -0.25) is 19.4 Å². The van der Waals surface area contributed by atoms with Gasteiger partial charge in [-0.2, -0.15) is 0 Å². The van der Waals surface area contributed by atoms with E-state index in [9.17, 15) is 24.3 Å². The molecule has 1 saturated carbocycles. The number of piperazine rings is 1. The van der Waals surface area contributed by atoms with Crippen molar-refractivity contribution in [1.29, 1.82) is 0 Å². The molecule has 0 unspecified atom stereocenters. The Kier molecular flexibility index (Phi) is 7.94. The summed E-state index contributed by atoms with van der Waals surface area (Å²) in [5.74, 6) is -2.52. The fourth-order valence-corrected chi connectivity index (χ4v) is 6.82. The molecule has 4 aliphatic rings. The van der Waals surface area contributed by atoms with Crippen molar-refractivity contribution in [2.45, 2.75) is 44.4 Å². The van der Waals surface area contributed by atoms with Crippen molar-refractivity contribution >= 4 is 46.2 Å². The van der Waals surface area contributed by atoms with Gasteiger partial charge in [-0.05, 0) is 43.5 Å². The number of carboxylic acids is 1. The van der Waals surface area contributed by atoms with Crippen LogP contribution in [0.3, 0.4) is 0 Å². The van der Waals surface area contributed by atoms with E-state index >= 15 is 8.78 Å². The third kappa shape index (κ3) is 5.95. The summed E-state index contributed by atoms with van der Waals surface area (Å²) in [5, 5.41) is 12.1. The number of aromatic nitrogens is 2. The molecule has 2 aromatic heterocycles. The average Bonchev–Trinajstić information content (AvgIpc) is 3.64. The highest BCUT2D eigenvalue weighted by atomic mass is 19.1. The molecule has 3 aromatic rings. The van der Waals surface area contributed by atoms with Crippen LogP contribution in [0.25, 0.3) is 11.0 Å². The summed E-state index contributed by atoms with van der Waals surface area (Å²) in [5.41, 5.74) is 0.00222. The quantitative estimate of drug-likeness (QED) is 0.374. The molecule has 248 valence electrons. The number of pyridine rings is 2. The first-order valence-electron chi connectivity index (χ1n) is 15.8. The lowest BCUT2D eigenvalue weighted by Crippen LogP contribution is -2.51. The van der Waals surface area contributed by atoms with E-state index in [4.69, 9.17) is 4.74 Å². The molecule has 5 heterocycles. The Morgan fingerprint density at radius 1 is 0.979 bits per heavy atom. The van der Waals surface area contributed by atoms with Gasteiger partial charge in [0.15, 0.2) is 11.6 Å². The molecular formula is C32H35F2N7O6. The minimum atomic E-state index is -1.35. The summed E-state index contributed by atoms with van der Waals surface area (Å²) < 4.78 is 37.7. The summed E-state index contributed by atoms with van der Waals surface area (Å²) in [6.45, 7) is 5.40. The standard InChI is InChI=1S/C32H35F2N7O6/c1-18(42)35-14-22-16-41(32(46)47-22)20-4-5-27(25(33)12-20)38-10-8-37(9-11-38)21-6-7-39(15-21)30-26(34)13-23-28(43)24(31(44)45)17-40(19-2-3-19)29(23)36-30/h4-5,12-13,17,19,21-22H,2-3,6-11,14-16H2,1H3,(H,35,42)(H,44,45)/t21-,22+/m1/s1. The number of hydrogen-bond donors (Lipinski definition) is 2. The van der Waals surface area contributed by atoms with E-state index in [1.54, 1.807) is 16.7 Å². The zero-order valence-electron chi connectivity index (χ0n) is 25.8. The van der Waals surface area contributed by atoms with Crippen LogP contribution in [0.2, 0.25) is 0 Å². The molecule has 2 N–H and O–H groups in total. The van der Waals surface area contributed by atoms with E-state index < -0.39 is 35.2 Å². The van der Waals surface area contributed by atoms with Gasteiger partial charge in [0.25, 0.3) is 0 Å². The number of carboxylic acid groups (broad SMARTS) is 1. The fourth-order valence-electron chi connectivity index (χ4n) is 6.82. The molecule has 0 spiro atoms. The van der Waals surface area contributed by atoms with Crippen LogP contribution < -0.4 is 25.4 Å². The Morgan fingerprint density at radius 3 is 2.43 bits per heavy atom. The molecule has 3 aliphatic heterocycles. The van der Waals surface area contributed by atoms with E-state index in [1.165, 1.54) is 24.1 Å². The maximum atomic E-state index is 15.4. The van der Waals surface area contributed by atoms with Gasteiger partial charge < -0.3 is 29.5 Å². The molecule has 1 aliphatic carbocycles. The van der Waals surface area contributed by atoms with Gasteiger partial charge in [0, 0.05) is 64.5 Å². The summed E-state index contributed by atoms with van der Waals surface area (Å²) in [4.78, 5) is 60.1. The largest absolute Gasteiger partial charge is 0.477 e. The normalized spacial score (nSPS) is 21.9. The summed E-state index contributed by atoms with van der Waals surface area (Å²) in [7, 11) is 0. The Labute approximate surface area is 268 Å². The molecule has 3 saturated heterocycles. The van der Waals surface area contributed by atoms with Crippen molar-refractivity contribution in [3.05, 3.63) is 57.9 Å². The molecule has 4 fully saturated rings. The number of anilines is 3. The van der Waals surface area contributed by atoms with Crippen LogP contribution in [0.4, 0.5) is 30.8 Å². The fraction of sp³-hybridized carbons (Fsp3) is 0.469. The second-order valence-corrected chi connectivity index (χ2v) is 12.6. The number of fused-ring (bicyclic) bond motifs is 1. The van der Waals surface area contributed by atoms with Crippen LogP contribution in [0.5, 0.6) is 0 Å². The Hall–Kier alpha value is -4.79. The third-order valence-corrected chi connectivity index (χ3v) is 9.44. The third-order valence-electron chi connectivity index (χ3n) is 9.44. The second kappa shape index (κ2) is 12.1. The van der Waals surface area contributed by atoms with Gasteiger partial charge in [-0.15, -0.1) is 0 Å². The van der Waals surface area contributed by atoms with Crippen LogP contribution in [-0.2, 0) is 9.53 Å². The lowest BCUT2D eigenvalue weighted by molar-refractivity contribution is -0.119. The monoisotopic (exact) mass is 651 g/mol. The topological polar surface area (TPSA) is 141 Å². The number of benzene rings is 1. The zero-order valence-corrected chi connectivity index (χ0v) is 25.8. The minimum absolute atomic E-state index is 0.0308. The maximum Gasteiger partial charge on any atom is 0.414 e. The molecule has 1 aromatic carbocycles. The van der Waals surface area contributed by atoms with Crippen molar-refractivity contribution in [3.63, 3.8) is 0 Å². The highest BCUT2D eigenvalue weighted by molar-refractivity contribution is 5.92. The number of hydrogen-bond acceptors (Lipinski definition) is 9. The molecule has 15 heteroatoms. The van der Waals surface area contributed by atoms with Crippen molar-refractivity contribution in [1.82, 2.24) is 19.8 Å². The summed E-state index contributed by atoms with van der Waals surface area (Å²) in [6, 6.07) is 5.98. The summed E-state index contributed by atoms with van der Waals surface area (Å²) in [6.07, 6.45) is 2.69. The van der Waals surface area contributed by atoms with E-state index in [2.05, 4.69) is 15.2 Å². The lowest BCUT2D eigenvalue weighted by atomic mass is 10.1. The number of carbonyl (C=O) groups excluding carboxylic acids is 2. The van der Waals surface area contributed by atoms with Gasteiger partial charge in [0.05, 0.1) is 29.9 Å². The highest BCUT2D eigenvalue weighted by Gasteiger charge is 2.35. The predicted molar refractivity (Wildman–Crippen MR) is 168 cm³/mol. The first-order valence-corrected chi connectivity index (χ1v) is 15.8. The van der Waals surface area contributed by atoms with E-state index in [0.717, 1.165) is 25.3 Å². The minimum Gasteiger partial charge on any atom is -0.477 e. The van der Waals surface area contributed by atoms with Gasteiger partial charge in [0.1, 0.15) is 23.1 Å². The molecule has 7 rings (SSSR count). The van der Waals surface area contributed by atoms with Gasteiger partial charge in [-0.1, -0.05) is 0 Å². The van der Waals surface area contributed by atoms with Crippen LogP contribution >= 0.6 is 0 Å². The molecule has 47 heavy (non-hydrogen) atoms. The number of aromatic carboxylic acids is 1. The first-order chi connectivity index (χ1) is 22.6. The van der Waals surface area contributed by atoms with Crippen molar-refractivity contribution < 1.29 is 33.0 Å². The number of carbonyl (C=O) groups is 3. The Balaban J connectivity index is 0.995. The predicted octanol–water partition coefficient (Wildman–Crippen LogP) is 2.57. The number of nitrogens with one attached hydrogen (secondary N) is 1. The SMILES string of the molecule is CC(=O)NC[C@H]1CN(c2ccc(N3CCN([C@@H]4CCN(c5nc6c(cc5F)c(=O)c(C(=O)O)cn6C5CC5)C4)CC3)c(F)c2)C(=O)O1. The van der Waals surface area contributed by atoms with Crippen LogP contribution in [-0.4, -0.2) is 102 Å². The first kappa shape index (κ1) is 30.8. The number of amides is 2. The lowest BCUT2D eigenvalue weighted by Gasteiger charge is -2.39. The highest BCUT2D eigenvalue weighted by Crippen LogP contribution is 2.37. The van der Waals surface area contributed by atoms with Crippen molar-refractivity contribution in [2.24, 2.45) is 0 Å². The summed E-state index contributed by atoms with van der Waals surface area (Å²) >= 11 is 0. The van der Waals surface area contributed by atoms with E-state index in [-0.39, 0.29) is 47.8 Å². The molecule has 0 bridgehead atoms. The zero-order chi connectivity index (χ0) is 33.0. The Bertz CT molecular complexity index is 1820. The smallest absolute Gasteiger partial charge is 0.414 e. The van der Waals surface area contributed by atoms with Crippen LogP contribution in [0.1, 0.15) is 42.6 Å². The van der Waals surface area contributed by atoms with Gasteiger partial charge in [0.2, 0.25) is 11.3 Å². The number of halogens is 2. The average molecular weight is 652 g/mol. The maximum absolute atomic E-state index is 15.4. The van der Waals surface area contributed by atoms with Crippen molar-refractivity contribution in [3.8, 4) is 0 Å².